The summed E-state index contributed by atoms with van der Waals surface area (Å²) >= 11 is 0.582. The van der Waals surface area contributed by atoms with Gasteiger partial charge in [0.05, 0.1) is 0 Å². The Balaban J connectivity index is 0.00000363. The van der Waals surface area contributed by atoms with E-state index in [1.54, 1.807) is 60.7 Å². The molecule has 1 aromatic heterocycles. The second-order valence-corrected chi connectivity index (χ2v) is 7.62. The van der Waals surface area contributed by atoms with Crippen molar-refractivity contribution in [1.29, 1.82) is 0 Å². The van der Waals surface area contributed by atoms with Crippen molar-refractivity contribution in [2.24, 2.45) is 0 Å². The van der Waals surface area contributed by atoms with Crippen LogP contribution < -0.4 is 0 Å². The Hall–Kier alpha value is -2.98. The monoisotopic (exact) mass is 464 g/mol. The van der Waals surface area contributed by atoms with Crippen LogP contribution in [0.1, 0.15) is 21.6 Å². The number of benzene rings is 2. The minimum atomic E-state index is -2.00. The third-order valence-electron chi connectivity index (χ3n) is 4.60. The first-order valence-electron chi connectivity index (χ1n) is 8.92. The van der Waals surface area contributed by atoms with Gasteiger partial charge in [-0.25, -0.2) is 0 Å². The van der Waals surface area contributed by atoms with Gasteiger partial charge >= 0.3 is 53.4 Å². The zero-order valence-corrected chi connectivity index (χ0v) is 16.6. The van der Waals surface area contributed by atoms with Crippen molar-refractivity contribution in [3.05, 3.63) is 70.4 Å². The van der Waals surface area contributed by atoms with Crippen LogP contribution >= 0.6 is 11.3 Å². The molecule has 0 radical (unpaired) electrons. The quantitative estimate of drug-likeness (QED) is 0.294. The average molecular weight is 464 g/mol. The van der Waals surface area contributed by atoms with Crippen molar-refractivity contribution in [3.63, 3.8) is 0 Å². The second kappa shape index (κ2) is 10.6. The van der Waals surface area contributed by atoms with Crippen LogP contribution in [0.2, 0.25) is 0 Å². The van der Waals surface area contributed by atoms with E-state index in [0.29, 0.717) is 22.5 Å². The third kappa shape index (κ3) is 4.91. The first kappa shape index (κ1) is 25.3. The minimum absolute atomic E-state index is 0. The summed E-state index contributed by atoms with van der Waals surface area (Å²) in [5, 5.41) is 38.4. The van der Waals surface area contributed by atoms with Gasteiger partial charge in [0, 0.05) is 20.9 Å². The van der Waals surface area contributed by atoms with Gasteiger partial charge in [-0.15, -0.1) is 11.3 Å². The molecule has 0 amide bonds. The zero-order chi connectivity index (χ0) is 22.7. The topological polar surface area (TPSA) is 149 Å². The van der Waals surface area contributed by atoms with Crippen LogP contribution in [0.15, 0.2) is 60.7 Å². The molecule has 160 valence electrons. The van der Waals surface area contributed by atoms with Crippen molar-refractivity contribution >= 4 is 64.8 Å². The SMILES string of the molecule is O=C(O)C(C(=O)O)c1sc(C(C(=O)O)C(=O)O)c(-c2ccccc2)c1-c1ccccc1.[NaH]. The van der Waals surface area contributed by atoms with Crippen LogP contribution in [0.25, 0.3) is 22.3 Å². The van der Waals surface area contributed by atoms with Gasteiger partial charge in [0.1, 0.15) is 0 Å². The molecule has 4 N–H and O–H groups in total. The zero-order valence-electron chi connectivity index (χ0n) is 15.8. The Bertz CT molecular complexity index is 1040. The molecule has 0 aliphatic heterocycles. The summed E-state index contributed by atoms with van der Waals surface area (Å²) in [4.78, 5) is 47.0. The van der Waals surface area contributed by atoms with Gasteiger partial charge in [0.25, 0.3) is 0 Å². The Morgan fingerprint density at radius 3 is 1.09 bits per heavy atom. The number of carbonyl (C=O) groups is 4. The van der Waals surface area contributed by atoms with Crippen LogP contribution in [-0.4, -0.2) is 73.9 Å². The molecule has 0 atom stereocenters. The van der Waals surface area contributed by atoms with E-state index in [4.69, 9.17) is 0 Å². The van der Waals surface area contributed by atoms with Gasteiger partial charge in [0.15, 0.2) is 11.8 Å². The second-order valence-electron chi connectivity index (χ2n) is 6.53. The molecule has 0 unspecified atom stereocenters. The Labute approximate surface area is 208 Å². The predicted octanol–water partition coefficient (Wildman–Crippen LogP) is 2.94. The number of carboxylic acids is 4. The standard InChI is InChI=1S/C22H16O8S.Na.H/c23-19(24)15(20(25)26)17-13(11-7-3-1-4-8-11)14(12-9-5-2-6-10-12)18(31-17)16(21(27)28)22(29)30;;/h1-10,15-16H,(H,23,24)(H,25,26)(H,27,28)(H,29,30);;. The van der Waals surface area contributed by atoms with Crippen molar-refractivity contribution < 1.29 is 39.6 Å². The van der Waals surface area contributed by atoms with E-state index < -0.39 is 35.7 Å². The summed E-state index contributed by atoms with van der Waals surface area (Å²) in [6, 6.07) is 16.6. The molecular weight excluding hydrogens is 447 g/mol. The molecule has 1 heterocycles. The van der Waals surface area contributed by atoms with Crippen molar-refractivity contribution in [1.82, 2.24) is 0 Å². The summed E-state index contributed by atoms with van der Waals surface area (Å²) in [7, 11) is 0. The molecular formula is C22H17NaO8S. The van der Waals surface area contributed by atoms with Gasteiger partial charge in [-0.2, -0.15) is 0 Å². The summed E-state index contributed by atoms with van der Waals surface area (Å²) in [5.74, 6) is -10.6. The Morgan fingerprint density at radius 2 is 0.844 bits per heavy atom. The third-order valence-corrected chi connectivity index (χ3v) is 5.92. The summed E-state index contributed by atoms with van der Waals surface area (Å²) in [6.07, 6.45) is 0. The molecule has 0 bridgehead atoms. The van der Waals surface area contributed by atoms with Gasteiger partial charge < -0.3 is 20.4 Å². The molecule has 8 nitrogen and oxygen atoms in total. The van der Waals surface area contributed by atoms with E-state index in [-0.39, 0.29) is 50.4 Å². The summed E-state index contributed by atoms with van der Waals surface area (Å²) < 4.78 is 0. The van der Waals surface area contributed by atoms with Gasteiger partial charge in [-0.3, -0.25) is 19.2 Å². The molecule has 0 fully saturated rings. The Morgan fingerprint density at radius 1 is 0.562 bits per heavy atom. The molecule has 0 aliphatic rings. The molecule has 10 heteroatoms. The Kier molecular flexibility index (Phi) is 8.34. The van der Waals surface area contributed by atoms with E-state index >= 15 is 0 Å². The molecule has 2 aromatic carbocycles. The molecule has 3 aromatic rings. The number of hydrogen-bond donors (Lipinski definition) is 4. The first-order chi connectivity index (χ1) is 14.7. The molecule has 0 aliphatic carbocycles. The van der Waals surface area contributed by atoms with Crippen molar-refractivity contribution in [3.8, 4) is 22.3 Å². The molecule has 0 spiro atoms. The van der Waals surface area contributed by atoms with Crippen LogP contribution in [0.3, 0.4) is 0 Å². The maximum absolute atomic E-state index is 11.8. The van der Waals surface area contributed by atoms with Gasteiger partial charge in [0.2, 0.25) is 0 Å². The molecule has 32 heavy (non-hydrogen) atoms. The predicted molar refractivity (Wildman–Crippen MR) is 118 cm³/mol. The summed E-state index contributed by atoms with van der Waals surface area (Å²) in [5.41, 5.74) is 1.27. The van der Waals surface area contributed by atoms with Crippen LogP contribution in [-0.2, 0) is 19.2 Å². The van der Waals surface area contributed by atoms with Crippen LogP contribution in [0.4, 0.5) is 0 Å². The van der Waals surface area contributed by atoms with Gasteiger partial charge in [-0.05, 0) is 11.1 Å². The van der Waals surface area contributed by atoms with E-state index in [1.807, 2.05) is 0 Å². The van der Waals surface area contributed by atoms with E-state index in [2.05, 4.69) is 0 Å². The number of hydrogen-bond acceptors (Lipinski definition) is 5. The van der Waals surface area contributed by atoms with Crippen molar-refractivity contribution in [2.45, 2.75) is 11.8 Å². The average Bonchev–Trinajstić information content (AvgIpc) is 3.07. The number of thiophene rings is 1. The maximum atomic E-state index is 11.8. The first-order valence-corrected chi connectivity index (χ1v) is 9.74. The van der Waals surface area contributed by atoms with Gasteiger partial charge in [-0.1, -0.05) is 60.7 Å². The fraction of sp³-hybridized carbons (Fsp3) is 0.0909. The van der Waals surface area contributed by atoms with E-state index in [0.717, 1.165) is 0 Å². The number of rotatable bonds is 8. The van der Waals surface area contributed by atoms with E-state index in [9.17, 15) is 39.6 Å². The number of carboxylic acid groups (broad SMARTS) is 4. The molecule has 0 saturated carbocycles. The number of aliphatic carboxylic acids is 4. The van der Waals surface area contributed by atoms with E-state index in [1.165, 1.54) is 0 Å². The molecule has 0 saturated heterocycles. The van der Waals surface area contributed by atoms with Crippen LogP contribution in [0.5, 0.6) is 0 Å². The van der Waals surface area contributed by atoms with Crippen LogP contribution in [0, 0.1) is 0 Å². The summed E-state index contributed by atoms with van der Waals surface area (Å²) in [6.45, 7) is 0. The van der Waals surface area contributed by atoms with Crippen molar-refractivity contribution in [2.75, 3.05) is 0 Å². The normalized spacial score (nSPS) is 10.6. The fourth-order valence-corrected chi connectivity index (χ4v) is 4.84. The molecule has 3 rings (SSSR count). The fourth-order valence-electron chi connectivity index (χ4n) is 3.32.